The summed E-state index contributed by atoms with van der Waals surface area (Å²) < 4.78 is 2.71. The Morgan fingerprint density at radius 2 is 2.28 bits per heavy atom. The van der Waals surface area contributed by atoms with Crippen LogP contribution in [-0.2, 0) is 13.5 Å². The molecule has 0 spiro atoms. The highest BCUT2D eigenvalue weighted by Crippen LogP contribution is 2.22. The molecule has 5 heteroatoms. The van der Waals surface area contributed by atoms with Gasteiger partial charge in [0.05, 0.1) is 12.5 Å². The standard InChI is InChI=1S/C13H14BrN3O/c1-3-9-6-10(14)4-5-11(9)16-13(18)12-7-15-8-17(12)2/h4-8H,3H2,1-2H3,(H,16,18). The smallest absolute Gasteiger partial charge is 0.273 e. The number of halogens is 1. The lowest BCUT2D eigenvalue weighted by Crippen LogP contribution is -2.16. The molecule has 2 aromatic rings. The third kappa shape index (κ3) is 2.61. The van der Waals surface area contributed by atoms with Gasteiger partial charge in [-0.05, 0) is 30.2 Å². The van der Waals surface area contributed by atoms with Crippen molar-refractivity contribution >= 4 is 27.5 Å². The summed E-state index contributed by atoms with van der Waals surface area (Å²) in [6, 6.07) is 5.83. The van der Waals surface area contributed by atoms with Crippen LogP contribution in [0.25, 0.3) is 0 Å². The molecule has 1 N–H and O–H groups in total. The SMILES string of the molecule is CCc1cc(Br)ccc1NC(=O)c1cncn1C. The second-order valence-electron chi connectivity index (χ2n) is 4.00. The van der Waals surface area contributed by atoms with Crippen LogP contribution in [0.15, 0.2) is 35.2 Å². The first kappa shape index (κ1) is 12.8. The fourth-order valence-corrected chi connectivity index (χ4v) is 2.15. The number of nitrogens with one attached hydrogen (secondary N) is 1. The van der Waals surface area contributed by atoms with Crippen molar-refractivity contribution in [1.29, 1.82) is 0 Å². The summed E-state index contributed by atoms with van der Waals surface area (Å²) in [4.78, 5) is 16.0. The summed E-state index contributed by atoms with van der Waals surface area (Å²) in [6.07, 6.45) is 4.03. The van der Waals surface area contributed by atoms with Gasteiger partial charge in [0.25, 0.3) is 5.91 Å². The van der Waals surface area contributed by atoms with E-state index in [1.54, 1.807) is 24.1 Å². The molecule has 0 aliphatic heterocycles. The minimum Gasteiger partial charge on any atom is -0.330 e. The van der Waals surface area contributed by atoms with E-state index in [0.29, 0.717) is 5.69 Å². The van der Waals surface area contributed by atoms with Crippen molar-refractivity contribution in [3.05, 3.63) is 46.5 Å². The van der Waals surface area contributed by atoms with Gasteiger partial charge in [0.1, 0.15) is 5.69 Å². The summed E-state index contributed by atoms with van der Waals surface area (Å²) >= 11 is 3.43. The Balaban J connectivity index is 2.24. The van der Waals surface area contributed by atoms with Crippen molar-refractivity contribution in [3.63, 3.8) is 0 Å². The molecule has 0 aliphatic carbocycles. The molecule has 0 saturated carbocycles. The van der Waals surface area contributed by atoms with Crippen LogP contribution in [0, 0.1) is 0 Å². The first-order valence-electron chi connectivity index (χ1n) is 5.68. The molecule has 0 unspecified atom stereocenters. The number of benzene rings is 1. The number of rotatable bonds is 3. The maximum atomic E-state index is 12.1. The highest BCUT2D eigenvalue weighted by Gasteiger charge is 2.11. The van der Waals surface area contributed by atoms with E-state index in [1.807, 2.05) is 18.2 Å². The van der Waals surface area contributed by atoms with Crippen LogP contribution >= 0.6 is 15.9 Å². The lowest BCUT2D eigenvalue weighted by atomic mass is 10.1. The summed E-state index contributed by atoms with van der Waals surface area (Å²) in [5.41, 5.74) is 2.48. The van der Waals surface area contributed by atoms with Crippen LogP contribution in [0.5, 0.6) is 0 Å². The molecule has 0 radical (unpaired) electrons. The molecular weight excluding hydrogens is 294 g/mol. The van der Waals surface area contributed by atoms with E-state index in [2.05, 4.69) is 33.2 Å². The predicted octanol–water partition coefficient (Wildman–Crippen LogP) is 3.00. The number of imidazole rings is 1. The third-order valence-electron chi connectivity index (χ3n) is 2.75. The monoisotopic (exact) mass is 307 g/mol. The largest absolute Gasteiger partial charge is 0.330 e. The molecule has 0 aliphatic rings. The van der Waals surface area contributed by atoms with E-state index >= 15 is 0 Å². The number of amides is 1. The number of hydrogen-bond acceptors (Lipinski definition) is 2. The molecule has 4 nitrogen and oxygen atoms in total. The van der Waals surface area contributed by atoms with E-state index in [9.17, 15) is 4.79 Å². The van der Waals surface area contributed by atoms with Crippen molar-refractivity contribution in [3.8, 4) is 0 Å². The minimum atomic E-state index is -0.146. The van der Waals surface area contributed by atoms with Gasteiger partial charge in [-0.25, -0.2) is 4.98 Å². The van der Waals surface area contributed by atoms with Crippen LogP contribution in [0.2, 0.25) is 0 Å². The van der Waals surface area contributed by atoms with Crippen LogP contribution in [-0.4, -0.2) is 15.5 Å². The highest BCUT2D eigenvalue weighted by molar-refractivity contribution is 9.10. The average Bonchev–Trinajstić information content (AvgIpc) is 2.77. The molecule has 0 fully saturated rings. The zero-order chi connectivity index (χ0) is 13.1. The summed E-state index contributed by atoms with van der Waals surface area (Å²) in [5.74, 6) is -0.146. The molecule has 18 heavy (non-hydrogen) atoms. The number of carbonyl (C=O) groups is 1. The molecule has 0 bridgehead atoms. The Labute approximate surface area is 114 Å². The van der Waals surface area contributed by atoms with E-state index in [1.165, 1.54) is 0 Å². The Morgan fingerprint density at radius 1 is 1.50 bits per heavy atom. The Morgan fingerprint density at radius 3 is 2.89 bits per heavy atom. The van der Waals surface area contributed by atoms with Crippen molar-refractivity contribution in [2.24, 2.45) is 7.05 Å². The molecular formula is C13H14BrN3O. The van der Waals surface area contributed by atoms with E-state index < -0.39 is 0 Å². The number of aryl methyl sites for hydroxylation is 2. The Hall–Kier alpha value is -1.62. The fraction of sp³-hybridized carbons (Fsp3) is 0.231. The van der Waals surface area contributed by atoms with Gasteiger partial charge in [0, 0.05) is 17.2 Å². The Kier molecular flexibility index (Phi) is 3.81. The topological polar surface area (TPSA) is 46.9 Å². The van der Waals surface area contributed by atoms with Crippen LogP contribution in [0.1, 0.15) is 23.0 Å². The van der Waals surface area contributed by atoms with Crippen LogP contribution in [0.3, 0.4) is 0 Å². The molecule has 1 aromatic carbocycles. The highest BCUT2D eigenvalue weighted by atomic mass is 79.9. The third-order valence-corrected chi connectivity index (χ3v) is 3.24. The van der Waals surface area contributed by atoms with Crippen molar-refractivity contribution in [2.75, 3.05) is 5.32 Å². The van der Waals surface area contributed by atoms with E-state index in [-0.39, 0.29) is 5.91 Å². The number of hydrogen-bond donors (Lipinski definition) is 1. The second-order valence-corrected chi connectivity index (χ2v) is 4.91. The fourth-order valence-electron chi connectivity index (χ4n) is 1.74. The van der Waals surface area contributed by atoms with Gasteiger partial charge in [0.2, 0.25) is 0 Å². The number of anilines is 1. The van der Waals surface area contributed by atoms with Gasteiger partial charge in [-0.3, -0.25) is 4.79 Å². The van der Waals surface area contributed by atoms with Crippen molar-refractivity contribution in [2.45, 2.75) is 13.3 Å². The molecule has 0 atom stereocenters. The summed E-state index contributed by atoms with van der Waals surface area (Å²) in [6.45, 7) is 2.06. The molecule has 94 valence electrons. The van der Waals surface area contributed by atoms with Gasteiger partial charge >= 0.3 is 0 Å². The number of nitrogens with zero attached hydrogens (tertiary/aromatic N) is 2. The second kappa shape index (κ2) is 5.35. The maximum absolute atomic E-state index is 12.1. The molecule has 0 saturated heterocycles. The van der Waals surface area contributed by atoms with E-state index in [0.717, 1.165) is 22.1 Å². The molecule has 1 aromatic heterocycles. The lowest BCUT2D eigenvalue weighted by Gasteiger charge is -2.10. The summed E-state index contributed by atoms with van der Waals surface area (Å²) in [7, 11) is 1.80. The van der Waals surface area contributed by atoms with Crippen LogP contribution in [0.4, 0.5) is 5.69 Å². The zero-order valence-corrected chi connectivity index (χ0v) is 11.9. The molecule has 2 rings (SSSR count). The normalized spacial score (nSPS) is 10.4. The molecule has 1 heterocycles. The predicted molar refractivity (Wildman–Crippen MR) is 74.7 cm³/mol. The first-order chi connectivity index (χ1) is 8.61. The van der Waals surface area contributed by atoms with Gasteiger partial charge in [-0.1, -0.05) is 22.9 Å². The lowest BCUT2D eigenvalue weighted by molar-refractivity contribution is 0.101. The van der Waals surface area contributed by atoms with Gasteiger partial charge < -0.3 is 9.88 Å². The number of carbonyl (C=O) groups excluding carboxylic acids is 1. The average molecular weight is 308 g/mol. The zero-order valence-electron chi connectivity index (χ0n) is 10.3. The first-order valence-corrected chi connectivity index (χ1v) is 6.47. The van der Waals surface area contributed by atoms with Gasteiger partial charge in [-0.15, -0.1) is 0 Å². The van der Waals surface area contributed by atoms with Gasteiger partial charge in [0.15, 0.2) is 0 Å². The van der Waals surface area contributed by atoms with Gasteiger partial charge in [-0.2, -0.15) is 0 Å². The summed E-state index contributed by atoms with van der Waals surface area (Å²) in [5, 5.41) is 2.91. The van der Waals surface area contributed by atoms with Crippen LogP contribution < -0.4 is 5.32 Å². The number of aromatic nitrogens is 2. The van der Waals surface area contributed by atoms with Crippen molar-refractivity contribution < 1.29 is 4.79 Å². The quantitative estimate of drug-likeness (QED) is 0.947. The van der Waals surface area contributed by atoms with E-state index in [4.69, 9.17) is 0 Å². The van der Waals surface area contributed by atoms with Crippen molar-refractivity contribution in [1.82, 2.24) is 9.55 Å². The Bertz CT molecular complexity index is 577. The minimum absolute atomic E-state index is 0.146. The maximum Gasteiger partial charge on any atom is 0.273 e. The molecule has 1 amide bonds.